The Morgan fingerprint density at radius 2 is 2.00 bits per heavy atom. The average molecular weight is 341 g/mol. The van der Waals surface area contributed by atoms with E-state index in [0.717, 1.165) is 31.9 Å². The normalized spacial score (nSPS) is 16.6. The van der Waals surface area contributed by atoms with Gasteiger partial charge in [0.1, 0.15) is 5.69 Å². The second kappa shape index (κ2) is 8.07. The van der Waals surface area contributed by atoms with E-state index in [9.17, 15) is 14.7 Å². The highest BCUT2D eigenvalue weighted by Gasteiger charge is 2.28. The van der Waals surface area contributed by atoms with Crippen molar-refractivity contribution in [3.63, 3.8) is 0 Å². The molecule has 1 amide bonds. The summed E-state index contributed by atoms with van der Waals surface area (Å²) in [6, 6.07) is 10.2. The molecule has 1 fully saturated rings. The average Bonchev–Trinajstić information content (AvgIpc) is 2.67. The van der Waals surface area contributed by atoms with Gasteiger partial charge in [-0.2, -0.15) is 0 Å². The van der Waals surface area contributed by atoms with E-state index in [1.54, 1.807) is 4.90 Å². The van der Waals surface area contributed by atoms with E-state index in [4.69, 9.17) is 0 Å². The van der Waals surface area contributed by atoms with Crippen LogP contribution in [0.1, 0.15) is 35.3 Å². The topological polar surface area (TPSA) is 86.3 Å². The van der Waals surface area contributed by atoms with Gasteiger partial charge >= 0.3 is 0 Å². The second-order valence-corrected chi connectivity index (χ2v) is 6.52. The molecule has 6 nitrogen and oxygen atoms in total. The van der Waals surface area contributed by atoms with Gasteiger partial charge < -0.3 is 15.0 Å². The Morgan fingerprint density at radius 1 is 1.28 bits per heavy atom. The smallest absolute Gasteiger partial charge is 0.273 e. The Bertz CT molecular complexity index is 732. The molecule has 132 valence electrons. The van der Waals surface area contributed by atoms with Crippen LogP contribution in [0.5, 0.6) is 0 Å². The third-order valence-corrected chi connectivity index (χ3v) is 4.83. The number of nitrogens with zero attached hydrogens (tertiary/aromatic N) is 2. The van der Waals surface area contributed by atoms with Crippen molar-refractivity contribution < 1.29 is 9.90 Å². The number of piperidine rings is 1. The Balaban J connectivity index is 1.48. The van der Waals surface area contributed by atoms with E-state index in [2.05, 4.69) is 22.1 Å². The maximum atomic E-state index is 12.4. The minimum atomic E-state index is -0.344. The number of hydrogen-bond donors (Lipinski definition) is 2. The molecule has 0 bridgehead atoms. The number of rotatable bonds is 5. The summed E-state index contributed by atoms with van der Waals surface area (Å²) < 4.78 is 0. The predicted molar refractivity (Wildman–Crippen MR) is 94.3 cm³/mol. The van der Waals surface area contributed by atoms with Crippen molar-refractivity contribution in [2.75, 3.05) is 13.1 Å². The number of aromatic amines is 1. The number of carbonyl (C=O) groups excluding carboxylic acids is 1. The summed E-state index contributed by atoms with van der Waals surface area (Å²) in [5, 5.41) is 10.5. The molecule has 0 aliphatic carbocycles. The molecule has 1 aromatic carbocycles. The van der Waals surface area contributed by atoms with E-state index < -0.39 is 0 Å². The minimum absolute atomic E-state index is 0.173. The minimum Gasteiger partial charge on any atom is -0.393 e. The molecule has 6 heteroatoms. The van der Waals surface area contributed by atoms with E-state index in [0.29, 0.717) is 13.1 Å². The fourth-order valence-electron chi connectivity index (χ4n) is 3.30. The van der Waals surface area contributed by atoms with Crippen molar-refractivity contribution in [2.45, 2.75) is 31.8 Å². The SMILES string of the molecule is O=C(c1c[nH]c(=O)cn1)N1CCC(C(O)CCc2ccccc2)CC1. The third-order valence-electron chi connectivity index (χ3n) is 4.83. The van der Waals surface area contributed by atoms with Crippen LogP contribution in [0.2, 0.25) is 0 Å². The number of aliphatic hydroxyl groups excluding tert-OH is 1. The number of aromatic nitrogens is 2. The molecule has 0 radical (unpaired) electrons. The van der Waals surface area contributed by atoms with Crippen LogP contribution in [0, 0.1) is 5.92 Å². The first kappa shape index (κ1) is 17.4. The van der Waals surface area contributed by atoms with Gasteiger partial charge in [0.2, 0.25) is 0 Å². The highest BCUT2D eigenvalue weighted by molar-refractivity contribution is 5.92. The highest BCUT2D eigenvalue weighted by atomic mass is 16.3. The first-order chi connectivity index (χ1) is 12.1. The first-order valence-electron chi connectivity index (χ1n) is 8.69. The summed E-state index contributed by atoms with van der Waals surface area (Å²) in [4.78, 5) is 31.5. The van der Waals surface area contributed by atoms with Crippen LogP contribution in [0.4, 0.5) is 0 Å². The highest BCUT2D eigenvalue weighted by Crippen LogP contribution is 2.24. The Labute approximate surface area is 146 Å². The fourth-order valence-corrected chi connectivity index (χ4v) is 3.30. The van der Waals surface area contributed by atoms with Gasteiger partial charge in [0.15, 0.2) is 0 Å². The van der Waals surface area contributed by atoms with Gasteiger partial charge in [-0.15, -0.1) is 0 Å². The molecule has 2 N–H and O–H groups in total. The number of benzene rings is 1. The number of H-pyrrole nitrogens is 1. The van der Waals surface area contributed by atoms with Crippen molar-refractivity contribution in [3.8, 4) is 0 Å². The van der Waals surface area contributed by atoms with Crippen LogP contribution >= 0.6 is 0 Å². The summed E-state index contributed by atoms with van der Waals surface area (Å²) in [7, 11) is 0. The van der Waals surface area contributed by atoms with Gasteiger partial charge in [-0.25, -0.2) is 4.98 Å². The standard InChI is InChI=1S/C19H23N3O3/c23-17(7-6-14-4-2-1-3-5-14)15-8-10-22(11-9-15)19(25)16-12-21-18(24)13-20-16/h1-5,12-13,15,17,23H,6-11H2,(H,21,24). The zero-order valence-corrected chi connectivity index (χ0v) is 14.1. The largest absolute Gasteiger partial charge is 0.393 e. The van der Waals surface area contributed by atoms with E-state index in [1.807, 2.05) is 18.2 Å². The second-order valence-electron chi connectivity index (χ2n) is 6.52. The van der Waals surface area contributed by atoms with Crippen LogP contribution in [0.3, 0.4) is 0 Å². The molecule has 1 aliphatic rings. The molecule has 1 atom stereocenters. The predicted octanol–water partition coefficient (Wildman–Crippen LogP) is 1.62. The van der Waals surface area contributed by atoms with Crippen LogP contribution in [-0.4, -0.2) is 45.1 Å². The number of aliphatic hydroxyl groups is 1. The van der Waals surface area contributed by atoms with Gasteiger partial charge in [-0.05, 0) is 37.2 Å². The van der Waals surface area contributed by atoms with Crippen molar-refractivity contribution in [2.24, 2.45) is 5.92 Å². The third kappa shape index (κ3) is 4.54. The van der Waals surface area contributed by atoms with Crippen LogP contribution in [0.15, 0.2) is 47.5 Å². The molecule has 0 saturated carbocycles. The van der Waals surface area contributed by atoms with Crippen LogP contribution in [-0.2, 0) is 6.42 Å². The zero-order valence-electron chi connectivity index (χ0n) is 14.1. The lowest BCUT2D eigenvalue weighted by molar-refractivity contribution is 0.0433. The van der Waals surface area contributed by atoms with Gasteiger partial charge in [0.05, 0.1) is 12.3 Å². The van der Waals surface area contributed by atoms with Crippen molar-refractivity contribution >= 4 is 5.91 Å². The lowest BCUT2D eigenvalue weighted by atomic mass is 9.88. The Morgan fingerprint density at radius 3 is 2.64 bits per heavy atom. The summed E-state index contributed by atoms with van der Waals surface area (Å²) in [5.41, 5.74) is 1.16. The van der Waals surface area contributed by atoms with Crippen molar-refractivity contribution in [1.82, 2.24) is 14.9 Å². The monoisotopic (exact) mass is 341 g/mol. The number of likely N-dealkylation sites (tertiary alicyclic amines) is 1. The summed E-state index contributed by atoms with van der Waals surface area (Å²) in [6.07, 6.45) is 5.30. The molecule has 2 heterocycles. The van der Waals surface area contributed by atoms with E-state index >= 15 is 0 Å². The lowest BCUT2D eigenvalue weighted by Gasteiger charge is -2.34. The van der Waals surface area contributed by atoms with E-state index in [-0.39, 0.29) is 29.2 Å². The molecule has 25 heavy (non-hydrogen) atoms. The number of nitrogens with one attached hydrogen (secondary N) is 1. The summed E-state index contributed by atoms with van der Waals surface area (Å²) in [5.74, 6) is 0.0461. The van der Waals surface area contributed by atoms with Gasteiger partial charge in [0, 0.05) is 19.3 Å². The Kier molecular flexibility index (Phi) is 5.60. The molecular weight excluding hydrogens is 318 g/mol. The maximum absolute atomic E-state index is 12.4. The molecular formula is C19H23N3O3. The zero-order chi connectivity index (χ0) is 17.6. The molecule has 1 aromatic heterocycles. The first-order valence-corrected chi connectivity index (χ1v) is 8.69. The Hall–Kier alpha value is -2.47. The van der Waals surface area contributed by atoms with Crippen LogP contribution < -0.4 is 5.56 Å². The fraction of sp³-hybridized carbons (Fsp3) is 0.421. The molecule has 1 aliphatic heterocycles. The number of hydrogen-bond acceptors (Lipinski definition) is 4. The molecule has 3 rings (SSSR count). The van der Waals surface area contributed by atoms with Gasteiger partial charge in [0.25, 0.3) is 11.5 Å². The van der Waals surface area contributed by atoms with Crippen molar-refractivity contribution in [1.29, 1.82) is 0 Å². The number of amides is 1. The molecule has 0 spiro atoms. The van der Waals surface area contributed by atoms with Gasteiger partial charge in [-0.3, -0.25) is 9.59 Å². The lowest BCUT2D eigenvalue weighted by Crippen LogP contribution is -2.41. The van der Waals surface area contributed by atoms with Gasteiger partial charge in [-0.1, -0.05) is 30.3 Å². The summed E-state index contributed by atoms with van der Waals surface area (Å²) >= 11 is 0. The summed E-state index contributed by atoms with van der Waals surface area (Å²) in [6.45, 7) is 1.21. The van der Waals surface area contributed by atoms with Crippen molar-refractivity contribution in [3.05, 3.63) is 64.3 Å². The van der Waals surface area contributed by atoms with E-state index in [1.165, 1.54) is 11.8 Å². The van der Waals surface area contributed by atoms with Crippen LogP contribution in [0.25, 0.3) is 0 Å². The maximum Gasteiger partial charge on any atom is 0.273 e. The molecule has 1 saturated heterocycles. The number of aryl methyl sites for hydroxylation is 1. The number of carbonyl (C=O) groups is 1. The molecule has 2 aromatic rings. The quantitative estimate of drug-likeness (QED) is 0.865. The molecule has 1 unspecified atom stereocenters.